The number of hydrogen-bond acceptors (Lipinski definition) is 4. The average Bonchev–Trinajstić information content (AvgIpc) is 3.16. The second kappa shape index (κ2) is 7.61. The zero-order chi connectivity index (χ0) is 18.7. The van der Waals surface area contributed by atoms with Gasteiger partial charge >= 0.3 is 0 Å². The van der Waals surface area contributed by atoms with Crippen molar-refractivity contribution in [1.82, 2.24) is 24.9 Å². The minimum atomic E-state index is -0.739. The Bertz CT molecular complexity index is 884. The molecule has 3 rings (SSSR count). The maximum absolute atomic E-state index is 12.3. The number of halogens is 1. The van der Waals surface area contributed by atoms with Gasteiger partial charge in [-0.15, -0.1) is 5.10 Å². The van der Waals surface area contributed by atoms with Crippen LogP contribution in [0.1, 0.15) is 18.3 Å². The first kappa shape index (κ1) is 18.0. The zero-order valence-electron chi connectivity index (χ0n) is 14.8. The predicted octanol–water partition coefficient (Wildman–Crippen LogP) is 2.65. The molecule has 0 radical (unpaired) electrons. The molecule has 0 aliphatic carbocycles. The van der Waals surface area contributed by atoms with Crippen molar-refractivity contribution in [3.05, 3.63) is 59.0 Å². The molecule has 1 atom stereocenters. The fraction of sp³-hybridized carbons (Fsp3) is 0.278. The maximum Gasteiger partial charge on any atom is 0.261 e. The third-order valence-electron chi connectivity index (χ3n) is 3.92. The summed E-state index contributed by atoms with van der Waals surface area (Å²) in [6, 6.07) is 11.4. The molecule has 0 unspecified atom stereocenters. The standard InChI is InChI=1S/C18H20ClN5O2/c1-12-9-14(21-23(12)3)10-20-17(25)13(2)26-18-16(19)11-24(22-18)15-7-5-4-6-8-15/h4-9,11,13H,10H2,1-3H3,(H,20,25)/t13-/m0/s1. The van der Waals surface area contributed by atoms with Crippen molar-refractivity contribution in [3.8, 4) is 11.6 Å². The highest BCUT2D eigenvalue weighted by molar-refractivity contribution is 6.31. The number of rotatable bonds is 6. The van der Waals surface area contributed by atoms with Gasteiger partial charge in [0, 0.05) is 12.7 Å². The molecule has 1 amide bonds. The molecule has 136 valence electrons. The van der Waals surface area contributed by atoms with Gasteiger partial charge in [0.1, 0.15) is 5.02 Å². The Balaban J connectivity index is 1.61. The van der Waals surface area contributed by atoms with Gasteiger partial charge in [-0.2, -0.15) is 5.10 Å². The van der Waals surface area contributed by atoms with Crippen LogP contribution in [-0.4, -0.2) is 31.6 Å². The van der Waals surface area contributed by atoms with E-state index in [9.17, 15) is 4.79 Å². The number of nitrogens with one attached hydrogen (secondary N) is 1. The van der Waals surface area contributed by atoms with E-state index in [1.54, 1.807) is 22.5 Å². The van der Waals surface area contributed by atoms with Crippen molar-refractivity contribution in [1.29, 1.82) is 0 Å². The highest BCUT2D eigenvalue weighted by Crippen LogP contribution is 2.25. The highest BCUT2D eigenvalue weighted by atomic mass is 35.5. The number of amides is 1. The minimum Gasteiger partial charge on any atom is -0.462 e. The molecule has 2 heterocycles. The molecule has 0 aliphatic rings. The van der Waals surface area contributed by atoms with E-state index >= 15 is 0 Å². The first-order valence-corrected chi connectivity index (χ1v) is 8.56. The van der Waals surface area contributed by atoms with Gasteiger partial charge in [-0.25, -0.2) is 4.68 Å². The fourth-order valence-corrected chi connectivity index (χ4v) is 2.57. The summed E-state index contributed by atoms with van der Waals surface area (Å²) in [6.07, 6.45) is 0.907. The monoisotopic (exact) mass is 373 g/mol. The summed E-state index contributed by atoms with van der Waals surface area (Å²) in [5.74, 6) is -0.0505. The van der Waals surface area contributed by atoms with Crippen LogP contribution in [0.2, 0.25) is 5.02 Å². The lowest BCUT2D eigenvalue weighted by atomic mass is 10.3. The predicted molar refractivity (Wildman–Crippen MR) is 98.5 cm³/mol. The van der Waals surface area contributed by atoms with Crippen LogP contribution in [0.4, 0.5) is 0 Å². The minimum absolute atomic E-state index is 0.215. The van der Waals surface area contributed by atoms with Crippen molar-refractivity contribution < 1.29 is 9.53 Å². The molecular formula is C18H20ClN5O2. The van der Waals surface area contributed by atoms with Crippen molar-refractivity contribution >= 4 is 17.5 Å². The highest BCUT2D eigenvalue weighted by Gasteiger charge is 2.19. The quantitative estimate of drug-likeness (QED) is 0.720. The van der Waals surface area contributed by atoms with Gasteiger partial charge in [0.25, 0.3) is 11.8 Å². The summed E-state index contributed by atoms with van der Waals surface area (Å²) in [5, 5.41) is 11.7. The first-order valence-electron chi connectivity index (χ1n) is 8.18. The lowest BCUT2D eigenvalue weighted by Gasteiger charge is -2.12. The Kier molecular flexibility index (Phi) is 5.27. The molecule has 0 aliphatic heterocycles. The van der Waals surface area contributed by atoms with Crippen molar-refractivity contribution in [2.24, 2.45) is 7.05 Å². The van der Waals surface area contributed by atoms with E-state index in [4.69, 9.17) is 16.3 Å². The third kappa shape index (κ3) is 4.05. The number of ether oxygens (including phenoxy) is 1. The van der Waals surface area contributed by atoms with E-state index in [-0.39, 0.29) is 11.8 Å². The van der Waals surface area contributed by atoms with Crippen LogP contribution >= 0.6 is 11.6 Å². The molecule has 7 nitrogen and oxygen atoms in total. The summed E-state index contributed by atoms with van der Waals surface area (Å²) in [7, 11) is 1.86. The van der Waals surface area contributed by atoms with E-state index in [1.807, 2.05) is 50.4 Å². The number of carbonyl (C=O) groups excluding carboxylic acids is 1. The van der Waals surface area contributed by atoms with Crippen LogP contribution in [-0.2, 0) is 18.4 Å². The molecule has 8 heteroatoms. The molecular weight excluding hydrogens is 354 g/mol. The number of nitrogens with zero attached hydrogens (tertiary/aromatic N) is 4. The van der Waals surface area contributed by atoms with Gasteiger partial charge in [-0.05, 0) is 32.0 Å². The molecule has 26 heavy (non-hydrogen) atoms. The van der Waals surface area contributed by atoms with Crippen molar-refractivity contribution in [2.45, 2.75) is 26.5 Å². The van der Waals surface area contributed by atoms with Crippen LogP contribution in [0, 0.1) is 6.92 Å². The molecule has 1 N–H and O–H groups in total. The molecule has 0 saturated carbocycles. The maximum atomic E-state index is 12.3. The number of carbonyl (C=O) groups is 1. The summed E-state index contributed by atoms with van der Waals surface area (Å²) in [5.41, 5.74) is 2.67. The topological polar surface area (TPSA) is 74.0 Å². The van der Waals surface area contributed by atoms with Gasteiger partial charge in [-0.3, -0.25) is 9.48 Å². The number of benzene rings is 1. The van der Waals surface area contributed by atoms with Crippen molar-refractivity contribution in [2.75, 3.05) is 0 Å². The van der Waals surface area contributed by atoms with Crippen LogP contribution in [0.5, 0.6) is 5.88 Å². The number of aromatic nitrogens is 4. The summed E-state index contributed by atoms with van der Waals surface area (Å²) >= 11 is 6.18. The summed E-state index contributed by atoms with van der Waals surface area (Å²) in [6.45, 7) is 3.94. The summed E-state index contributed by atoms with van der Waals surface area (Å²) < 4.78 is 9.00. The van der Waals surface area contributed by atoms with Gasteiger partial charge in [0.2, 0.25) is 0 Å². The largest absolute Gasteiger partial charge is 0.462 e. The number of aryl methyl sites for hydroxylation is 2. The number of hydrogen-bond donors (Lipinski definition) is 1. The second-order valence-corrected chi connectivity index (χ2v) is 6.35. The van der Waals surface area contributed by atoms with Crippen LogP contribution in [0.3, 0.4) is 0 Å². The van der Waals surface area contributed by atoms with Gasteiger partial charge in [0.15, 0.2) is 6.10 Å². The van der Waals surface area contributed by atoms with Crippen LogP contribution < -0.4 is 10.1 Å². The Morgan fingerprint density at radius 2 is 2.04 bits per heavy atom. The lowest BCUT2D eigenvalue weighted by Crippen LogP contribution is -2.36. The smallest absolute Gasteiger partial charge is 0.261 e. The molecule has 3 aromatic rings. The van der Waals surface area contributed by atoms with E-state index in [2.05, 4.69) is 15.5 Å². The molecule has 2 aromatic heterocycles. The third-order valence-corrected chi connectivity index (χ3v) is 4.18. The average molecular weight is 374 g/mol. The Morgan fingerprint density at radius 3 is 2.69 bits per heavy atom. The van der Waals surface area contributed by atoms with E-state index < -0.39 is 6.10 Å². The van der Waals surface area contributed by atoms with Gasteiger partial charge in [0.05, 0.1) is 24.1 Å². The van der Waals surface area contributed by atoms with Gasteiger partial charge < -0.3 is 10.1 Å². The summed E-state index contributed by atoms with van der Waals surface area (Å²) in [4.78, 5) is 12.3. The van der Waals surface area contributed by atoms with Gasteiger partial charge in [-0.1, -0.05) is 29.8 Å². The van der Waals surface area contributed by atoms with E-state index in [0.717, 1.165) is 17.1 Å². The fourth-order valence-electron chi connectivity index (χ4n) is 2.39. The Morgan fingerprint density at radius 1 is 1.31 bits per heavy atom. The van der Waals surface area contributed by atoms with Crippen LogP contribution in [0.15, 0.2) is 42.6 Å². The normalized spacial score (nSPS) is 12.0. The first-order chi connectivity index (χ1) is 12.4. The molecule has 0 saturated heterocycles. The molecule has 0 spiro atoms. The van der Waals surface area contributed by atoms with Crippen molar-refractivity contribution in [3.63, 3.8) is 0 Å². The van der Waals surface area contributed by atoms with E-state index in [1.165, 1.54) is 0 Å². The van der Waals surface area contributed by atoms with E-state index in [0.29, 0.717) is 11.6 Å². The zero-order valence-corrected chi connectivity index (χ0v) is 15.6. The Hall–Kier alpha value is -2.80. The molecule has 0 bridgehead atoms. The molecule has 0 fully saturated rings. The molecule has 1 aromatic carbocycles. The van der Waals surface area contributed by atoms with Crippen LogP contribution in [0.25, 0.3) is 5.69 Å². The second-order valence-electron chi connectivity index (χ2n) is 5.94. The SMILES string of the molecule is Cc1cc(CNC(=O)[C@H](C)Oc2nn(-c3ccccc3)cc2Cl)nn1C. The lowest BCUT2D eigenvalue weighted by molar-refractivity contribution is -0.127. The Labute approximate surface area is 156 Å². The number of para-hydroxylation sites is 1.